The molecule has 1 aromatic carbocycles. The van der Waals surface area contributed by atoms with E-state index in [1.54, 1.807) is 6.07 Å². The van der Waals surface area contributed by atoms with Gasteiger partial charge in [0.2, 0.25) is 0 Å². The highest BCUT2D eigenvalue weighted by Crippen LogP contribution is 2.27. The van der Waals surface area contributed by atoms with Gasteiger partial charge in [-0.15, -0.1) is 0 Å². The molecule has 1 aliphatic rings. The first-order chi connectivity index (χ1) is 9.56. The third-order valence-corrected chi connectivity index (χ3v) is 4.68. The molecule has 1 saturated heterocycles. The molecule has 0 radical (unpaired) electrons. The predicted molar refractivity (Wildman–Crippen MR) is 84.2 cm³/mol. The summed E-state index contributed by atoms with van der Waals surface area (Å²) in [7, 11) is 0. The number of nitrogens with two attached hydrogens (primary N) is 1. The van der Waals surface area contributed by atoms with E-state index in [9.17, 15) is 4.39 Å². The standard InChI is InChI=1S/C15H23BrFN3/c1-3-19-6-7-20(10-11(19)2)15(9-18)13-8-12(16)4-5-14(13)17/h4-5,8,11,15H,3,6-7,9-10,18H2,1-2H3. The van der Waals surface area contributed by atoms with E-state index < -0.39 is 0 Å². The number of nitrogens with zero attached hydrogens (tertiary/aromatic N) is 2. The van der Waals surface area contributed by atoms with E-state index in [1.165, 1.54) is 6.07 Å². The smallest absolute Gasteiger partial charge is 0.128 e. The normalized spacial score (nSPS) is 22.9. The van der Waals surface area contributed by atoms with Crippen molar-refractivity contribution in [3.05, 3.63) is 34.1 Å². The molecule has 1 heterocycles. The average Bonchev–Trinajstić information content (AvgIpc) is 2.44. The summed E-state index contributed by atoms with van der Waals surface area (Å²) in [4.78, 5) is 4.75. The van der Waals surface area contributed by atoms with Crippen LogP contribution in [0.2, 0.25) is 0 Å². The molecule has 2 unspecified atom stereocenters. The summed E-state index contributed by atoms with van der Waals surface area (Å²) >= 11 is 3.42. The molecule has 112 valence electrons. The molecular formula is C15H23BrFN3. The maximum Gasteiger partial charge on any atom is 0.128 e. The quantitative estimate of drug-likeness (QED) is 0.911. The van der Waals surface area contributed by atoms with Crippen LogP contribution < -0.4 is 5.73 Å². The number of benzene rings is 1. The summed E-state index contributed by atoms with van der Waals surface area (Å²) in [5.74, 6) is -0.172. The van der Waals surface area contributed by atoms with E-state index in [4.69, 9.17) is 5.73 Å². The average molecular weight is 344 g/mol. The molecule has 0 spiro atoms. The van der Waals surface area contributed by atoms with Crippen LogP contribution in [0.15, 0.2) is 22.7 Å². The Kier molecular flexibility index (Phi) is 5.55. The molecule has 1 aliphatic heterocycles. The molecule has 0 saturated carbocycles. The maximum absolute atomic E-state index is 14.1. The predicted octanol–water partition coefficient (Wildman–Crippen LogP) is 2.61. The van der Waals surface area contributed by atoms with Crippen LogP contribution in [0.25, 0.3) is 0 Å². The van der Waals surface area contributed by atoms with Crippen LogP contribution in [0.3, 0.4) is 0 Å². The van der Waals surface area contributed by atoms with Gasteiger partial charge < -0.3 is 5.73 Å². The lowest BCUT2D eigenvalue weighted by Gasteiger charge is -2.42. The molecule has 0 aromatic heterocycles. The molecule has 3 nitrogen and oxygen atoms in total. The Labute approximate surface area is 129 Å². The number of halogens is 2. The molecule has 2 rings (SSSR count). The fourth-order valence-electron chi connectivity index (χ4n) is 3.02. The molecule has 5 heteroatoms. The lowest BCUT2D eigenvalue weighted by atomic mass is 10.0. The second-order valence-electron chi connectivity index (χ2n) is 5.39. The number of likely N-dealkylation sites (N-methyl/N-ethyl adjacent to an activating group) is 1. The Morgan fingerprint density at radius 1 is 1.45 bits per heavy atom. The molecule has 0 amide bonds. The number of hydrogen-bond donors (Lipinski definition) is 1. The third-order valence-electron chi connectivity index (χ3n) is 4.18. The van der Waals surface area contributed by atoms with Gasteiger partial charge in [0.25, 0.3) is 0 Å². The van der Waals surface area contributed by atoms with Gasteiger partial charge >= 0.3 is 0 Å². The molecule has 2 N–H and O–H groups in total. The third kappa shape index (κ3) is 3.39. The monoisotopic (exact) mass is 343 g/mol. The highest BCUT2D eigenvalue weighted by Gasteiger charge is 2.29. The Morgan fingerprint density at radius 2 is 2.20 bits per heavy atom. The van der Waals surface area contributed by atoms with Crippen molar-refractivity contribution >= 4 is 15.9 Å². The summed E-state index contributed by atoms with van der Waals surface area (Å²) < 4.78 is 15.0. The molecule has 0 bridgehead atoms. The maximum atomic E-state index is 14.1. The second-order valence-corrected chi connectivity index (χ2v) is 6.31. The lowest BCUT2D eigenvalue weighted by Crippen LogP contribution is -2.53. The van der Waals surface area contributed by atoms with Crippen LogP contribution in [-0.4, -0.2) is 48.6 Å². The summed E-state index contributed by atoms with van der Waals surface area (Å²) in [5.41, 5.74) is 6.62. The van der Waals surface area contributed by atoms with Crippen LogP contribution in [-0.2, 0) is 0 Å². The van der Waals surface area contributed by atoms with Crippen molar-refractivity contribution in [2.24, 2.45) is 5.73 Å². The SMILES string of the molecule is CCN1CCN(C(CN)c2cc(Br)ccc2F)CC1C. The van der Waals surface area contributed by atoms with Crippen molar-refractivity contribution in [2.45, 2.75) is 25.9 Å². The van der Waals surface area contributed by atoms with Crippen molar-refractivity contribution in [3.8, 4) is 0 Å². The summed E-state index contributed by atoms with van der Waals surface area (Å²) in [5, 5.41) is 0. The van der Waals surface area contributed by atoms with Gasteiger partial charge in [-0.1, -0.05) is 22.9 Å². The first-order valence-electron chi connectivity index (χ1n) is 7.20. The zero-order valence-corrected chi connectivity index (χ0v) is 13.7. The van der Waals surface area contributed by atoms with Gasteiger partial charge in [-0.2, -0.15) is 0 Å². The summed E-state index contributed by atoms with van der Waals surface area (Å²) in [6.07, 6.45) is 0. The molecule has 0 aliphatic carbocycles. The van der Waals surface area contributed by atoms with E-state index in [1.807, 2.05) is 6.07 Å². The fourth-order valence-corrected chi connectivity index (χ4v) is 3.40. The number of hydrogen-bond acceptors (Lipinski definition) is 3. The first-order valence-corrected chi connectivity index (χ1v) is 7.99. The van der Waals surface area contributed by atoms with Gasteiger partial charge in [-0.3, -0.25) is 9.80 Å². The van der Waals surface area contributed by atoms with Gasteiger partial charge in [0.15, 0.2) is 0 Å². The first kappa shape index (κ1) is 15.9. The van der Waals surface area contributed by atoms with E-state index in [-0.39, 0.29) is 11.9 Å². The lowest BCUT2D eigenvalue weighted by molar-refractivity contribution is 0.0596. The van der Waals surface area contributed by atoms with Crippen molar-refractivity contribution in [3.63, 3.8) is 0 Å². The zero-order chi connectivity index (χ0) is 14.7. The molecule has 2 atom stereocenters. The van der Waals surface area contributed by atoms with Crippen LogP contribution in [0.5, 0.6) is 0 Å². The molecule has 1 aromatic rings. The van der Waals surface area contributed by atoms with E-state index >= 15 is 0 Å². The minimum atomic E-state index is -0.172. The Bertz CT molecular complexity index is 455. The fraction of sp³-hybridized carbons (Fsp3) is 0.600. The molecule has 1 fully saturated rings. The highest BCUT2D eigenvalue weighted by molar-refractivity contribution is 9.10. The zero-order valence-electron chi connectivity index (χ0n) is 12.1. The van der Waals surface area contributed by atoms with Gasteiger partial charge in [-0.05, 0) is 31.7 Å². The van der Waals surface area contributed by atoms with E-state index in [2.05, 4.69) is 39.6 Å². The second kappa shape index (κ2) is 6.98. The van der Waals surface area contributed by atoms with Crippen molar-refractivity contribution in [1.29, 1.82) is 0 Å². The molecular weight excluding hydrogens is 321 g/mol. The number of rotatable bonds is 4. The largest absolute Gasteiger partial charge is 0.329 e. The van der Waals surface area contributed by atoms with Crippen molar-refractivity contribution in [1.82, 2.24) is 9.80 Å². The topological polar surface area (TPSA) is 32.5 Å². The van der Waals surface area contributed by atoms with Crippen LogP contribution >= 0.6 is 15.9 Å². The highest BCUT2D eigenvalue weighted by atomic mass is 79.9. The van der Waals surface area contributed by atoms with E-state index in [0.717, 1.165) is 30.7 Å². The van der Waals surface area contributed by atoms with E-state index in [0.29, 0.717) is 18.2 Å². The Hall–Kier alpha value is -0.490. The van der Waals surface area contributed by atoms with Crippen LogP contribution in [0, 0.1) is 5.82 Å². The van der Waals surface area contributed by atoms with Gasteiger partial charge in [0, 0.05) is 42.3 Å². The minimum absolute atomic E-state index is 0.0473. The van der Waals surface area contributed by atoms with Crippen molar-refractivity contribution in [2.75, 3.05) is 32.7 Å². The Morgan fingerprint density at radius 3 is 2.80 bits per heavy atom. The van der Waals surface area contributed by atoms with Crippen LogP contribution in [0.1, 0.15) is 25.5 Å². The van der Waals surface area contributed by atoms with Gasteiger partial charge in [0.1, 0.15) is 5.82 Å². The Balaban J connectivity index is 2.18. The summed E-state index contributed by atoms with van der Waals surface area (Å²) in [6, 6.07) is 5.52. The van der Waals surface area contributed by atoms with Crippen molar-refractivity contribution < 1.29 is 4.39 Å². The molecule has 20 heavy (non-hydrogen) atoms. The number of piperazine rings is 1. The summed E-state index contributed by atoms with van der Waals surface area (Å²) in [6.45, 7) is 8.79. The van der Waals surface area contributed by atoms with Gasteiger partial charge in [-0.25, -0.2) is 4.39 Å². The minimum Gasteiger partial charge on any atom is -0.329 e. The van der Waals surface area contributed by atoms with Crippen LogP contribution in [0.4, 0.5) is 4.39 Å². The van der Waals surface area contributed by atoms with Gasteiger partial charge in [0.05, 0.1) is 6.04 Å².